The van der Waals surface area contributed by atoms with Gasteiger partial charge in [0.05, 0.1) is 11.1 Å². The van der Waals surface area contributed by atoms with E-state index in [1.807, 2.05) is 17.7 Å². The van der Waals surface area contributed by atoms with Crippen LogP contribution in [-0.4, -0.2) is 17.0 Å². The molecule has 1 N–H and O–H groups in total. The van der Waals surface area contributed by atoms with Crippen molar-refractivity contribution in [3.05, 3.63) is 35.8 Å². The molecule has 0 aliphatic heterocycles. The van der Waals surface area contributed by atoms with Gasteiger partial charge >= 0.3 is 0 Å². The van der Waals surface area contributed by atoms with Crippen LogP contribution in [0.25, 0.3) is 10.9 Å². The fourth-order valence-corrected chi connectivity index (χ4v) is 4.54. The smallest absolute Gasteiger partial charge is 0.253 e. The number of hydrogen-bond acceptors (Lipinski definition) is 1. The number of hydrogen-bond donors (Lipinski definition) is 1. The van der Waals surface area contributed by atoms with E-state index in [-0.39, 0.29) is 17.1 Å². The summed E-state index contributed by atoms with van der Waals surface area (Å²) in [5.74, 6) is 0.437. The second-order valence-electron chi connectivity index (χ2n) is 7.45. The van der Waals surface area contributed by atoms with Gasteiger partial charge in [0, 0.05) is 25.2 Å². The molecule has 0 atom stereocenters. The first-order valence-electron chi connectivity index (χ1n) is 8.60. The molecule has 3 aliphatic rings. The summed E-state index contributed by atoms with van der Waals surface area (Å²) in [6.45, 7) is 0.726. The van der Waals surface area contributed by atoms with Crippen LogP contribution in [0, 0.1) is 17.2 Å². The van der Waals surface area contributed by atoms with Gasteiger partial charge in [0.15, 0.2) is 0 Å². The number of aromatic nitrogens is 1. The van der Waals surface area contributed by atoms with Gasteiger partial charge in [-0.2, -0.15) is 0 Å². The monoisotopic (exact) mass is 314 g/mol. The minimum atomic E-state index is -0.329. The Morgan fingerprint density at radius 2 is 2.00 bits per heavy atom. The number of halogens is 1. The molecule has 3 aliphatic carbocycles. The third kappa shape index (κ3) is 2.44. The molecule has 0 saturated heterocycles. The van der Waals surface area contributed by atoms with Crippen molar-refractivity contribution in [3.8, 4) is 0 Å². The van der Waals surface area contributed by atoms with Gasteiger partial charge in [0.2, 0.25) is 0 Å². The van der Waals surface area contributed by atoms with Gasteiger partial charge in [-0.15, -0.1) is 0 Å². The van der Waals surface area contributed by atoms with Crippen LogP contribution >= 0.6 is 0 Å². The Morgan fingerprint density at radius 3 is 2.70 bits per heavy atom. The molecule has 2 bridgehead atoms. The second-order valence-corrected chi connectivity index (χ2v) is 7.45. The Bertz CT molecular complexity index is 742. The van der Waals surface area contributed by atoms with E-state index in [2.05, 4.69) is 5.32 Å². The Hall–Kier alpha value is -1.84. The molecular formula is C19H23FN2O. The average Bonchev–Trinajstić information content (AvgIpc) is 2.93. The first-order chi connectivity index (χ1) is 11.1. The van der Waals surface area contributed by atoms with Gasteiger partial charge in [0.25, 0.3) is 5.91 Å². The van der Waals surface area contributed by atoms with Crippen molar-refractivity contribution in [1.82, 2.24) is 9.88 Å². The fourth-order valence-electron chi connectivity index (χ4n) is 4.54. The summed E-state index contributed by atoms with van der Waals surface area (Å²) >= 11 is 0. The molecule has 1 heterocycles. The van der Waals surface area contributed by atoms with Crippen LogP contribution in [-0.2, 0) is 7.05 Å². The predicted octanol–water partition coefficient (Wildman–Crippen LogP) is 4.02. The van der Waals surface area contributed by atoms with Crippen molar-refractivity contribution in [3.63, 3.8) is 0 Å². The third-order valence-corrected chi connectivity index (χ3v) is 6.08. The molecule has 2 aromatic rings. The predicted molar refractivity (Wildman–Crippen MR) is 88.8 cm³/mol. The van der Waals surface area contributed by atoms with Crippen LogP contribution in [0.2, 0.25) is 0 Å². The Labute approximate surface area is 135 Å². The highest BCUT2D eigenvalue weighted by molar-refractivity contribution is 6.07. The standard InChI is InChI=1S/C19H23FN2O/c1-22-11-14(17-15(20)3-2-4-16(17)22)18(23)21-12-19-8-5-13(6-9-19)7-10-19/h2-4,11,13H,5-10,12H2,1H3,(H,21,23). The lowest BCUT2D eigenvalue weighted by atomic mass is 9.61. The highest BCUT2D eigenvalue weighted by atomic mass is 19.1. The van der Waals surface area contributed by atoms with Gasteiger partial charge in [0.1, 0.15) is 5.82 Å². The Balaban J connectivity index is 1.56. The van der Waals surface area contributed by atoms with Gasteiger partial charge < -0.3 is 9.88 Å². The topological polar surface area (TPSA) is 34.0 Å². The summed E-state index contributed by atoms with van der Waals surface area (Å²) in [6.07, 6.45) is 9.32. The van der Waals surface area contributed by atoms with Crippen LogP contribution in [0.1, 0.15) is 48.9 Å². The third-order valence-electron chi connectivity index (χ3n) is 6.08. The number of rotatable bonds is 3. The number of nitrogens with zero attached hydrogens (tertiary/aromatic N) is 1. The van der Waals surface area contributed by atoms with E-state index < -0.39 is 0 Å². The maximum Gasteiger partial charge on any atom is 0.253 e. The van der Waals surface area contributed by atoms with Crippen molar-refractivity contribution < 1.29 is 9.18 Å². The van der Waals surface area contributed by atoms with E-state index in [1.54, 1.807) is 12.3 Å². The first kappa shape index (κ1) is 14.7. The number of benzene rings is 1. The first-order valence-corrected chi connectivity index (χ1v) is 8.60. The van der Waals surface area contributed by atoms with Gasteiger partial charge in [-0.3, -0.25) is 4.79 Å². The molecule has 1 aromatic heterocycles. The number of carbonyl (C=O) groups is 1. The summed E-state index contributed by atoms with van der Waals surface area (Å²) < 4.78 is 16.0. The summed E-state index contributed by atoms with van der Waals surface area (Å²) in [4.78, 5) is 12.6. The van der Waals surface area contributed by atoms with E-state index in [9.17, 15) is 9.18 Å². The van der Waals surface area contributed by atoms with E-state index in [4.69, 9.17) is 0 Å². The molecule has 4 heteroatoms. The minimum Gasteiger partial charge on any atom is -0.351 e. The van der Waals surface area contributed by atoms with Crippen LogP contribution in [0.4, 0.5) is 4.39 Å². The zero-order chi connectivity index (χ0) is 16.0. The molecule has 5 rings (SSSR count). The molecule has 3 nitrogen and oxygen atoms in total. The number of nitrogens with one attached hydrogen (secondary N) is 1. The SMILES string of the molecule is Cn1cc(C(=O)NCC23CCC(CC2)CC3)c2c(F)cccc21. The molecule has 0 spiro atoms. The zero-order valence-corrected chi connectivity index (χ0v) is 13.6. The molecule has 1 amide bonds. The lowest BCUT2D eigenvalue weighted by molar-refractivity contribution is 0.0598. The maximum atomic E-state index is 14.2. The maximum absolute atomic E-state index is 14.2. The molecule has 23 heavy (non-hydrogen) atoms. The number of fused-ring (bicyclic) bond motifs is 4. The van der Waals surface area contributed by atoms with Crippen LogP contribution in [0.15, 0.2) is 24.4 Å². The van der Waals surface area contributed by atoms with Crippen molar-refractivity contribution in [2.24, 2.45) is 18.4 Å². The highest BCUT2D eigenvalue weighted by Gasteiger charge is 2.40. The number of amides is 1. The Kier molecular flexibility index (Phi) is 3.43. The molecule has 0 radical (unpaired) electrons. The van der Waals surface area contributed by atoms with Crippen LogP contribution < -0.4 is 5.32 Å². The quantitative estimate of drug-likeness (QED) is 0.912. The minimum absolute atomic E-state index is 0.150. The largest absolute Gasteiger partial charge is 0.351 e. The van der Waals surface area contributed by atoms with E-state index >= 15 is 0 Å². The van der Waals surface area contributed by atoms with E-state index in [0.717, 1.165) is 18.0 Å². The van der Waals surface area contributed by atoms with Gasteiger partial charge in [-0.1, -0.05) is 6.07 Å². The number of aryl methyl sites for hydroxylation is 1. The Morgan fingerprint density at radius 1 is 1.30 bits per heavy atom. The van der Waals surface area contributed by atoms with Gasteiger partial charge in [-0.05, 0) is 62.0 Å². The fraction of sp³-hybridized carbons (Fsp3) is 0.526. The normalized spacial score (nSPS) is 26.6. The molecule has 3 fully saturated rings. The lowest BCUT2D eigenvalue weighted by Crippen LogP contribution is -2.43. The summed E-state index contributed by atoms with van der Waals surface area (Å²) in [7, 11) is 1.85. The van der Waals surface area contributed by atoms with E-state index in [1.165, 1.54) is 44.6 Å². The van der Waals surface area contributed by atoms with Gasteiger partial charge in [-0.25, -0.2) is 4.39 Å². The zero-order valence-electron chi connectivity index (χ0n) is 13.6. The van der Waals surface area contributed by atoms with Crippen molar-refractivity contribution >= 4 is 16.8 Å². The molecule has 3 saturated carbocycles. The van der Waals surface area contributed by atoms with Crippen molar-refractivity contribution in [1.29, 1.82) is 0 Å². The number of carbonyl (C=O) groups excluding carboxylic acids is 1. The van der Waals surface area contributed by atoms with Crippen molar-refractivity contribution in [2.75, 3.05) is 6.54 Å². The van der Waals surface area contributed by atoms with Crippen LogP contribution in [0.5, 0.6) is 0 Å². The molecular weight excluding hydrogens is 291 g/mol. The summed E-state index contributed by atoms with van der Waals surface area (Å²) in [5.41, 5.74) is 1.49. The lowest BCUT2D eigenvalue weighted by Gasteiger charge is -2.46. The molecule has 1 aromatic carbocycles. The summed E-state index contributed by atoms with van der Waals surface area (Å²) in [6, 6.07) is 4.94. The van der Waals surface area contributed by atoms with E-state index in [0.29, 0.717) is 10.9 Å². The average molecular weight is 314 g/mol. The molecule has 122 valence electrons. The molecule has 0 unspecified atom stereocenters. The summed E-state index contributed by atoms with van der Waals surface area (Å²) in [5, 5.41) is 3.53. The van der Waals surface area contributed by atoms with Crippen molar-refractivity contribution in [2.45, 2.75) is 38.5 Å². The highest BCUT2D eigenvalue weighted by Crippen LogP contribution is 2.49. The van der Waals surface area contributed by atoms with Crippen LogP contribution in [0.3, 0.4) is 0 Å². The second kappa shape index (κ2) is 5.36.